The lowest BCUT2D eigenvalue weighted by Crippen LogP contribution is -2.51. The second kappa shape index (κ2) is 11.5. The zero-order valence-electron chi connectivity index (χ0n) is 20.6. The van der Waals surface area contributed by atoms with Gasteiger partial charge < -0.3 is 29.9 Å². The fourth-order valence-electron chi connectivity index (χ4n) is 3.59. The first-order chi connectivity index (χ1) is 16.6. The van der Waals surface area contributed by atoms with Gasteiger partial charge in [0.1, 0.15) is 11.4 Å². The molecule has 35 heavy (non-hydrogen) atoms. The smallest absolute Gasteiger partial charge is 0.412 e. The summed E-state index contributed by atoms with van der Waals surface area (Å²) < 4.78 is 10.5. The molecule has 1 aliphatic heterocycles. The lowest BCUT2D eigenvalue weighted by molar-refractivity contribution is -0.130. The maximum atomic E-state index is 12.6. The van der Waals surface area contributed by atoms with Gasteiger partial charge >= 0.3 is 12.1 Å². The number of methoxy groups -OCH3 is 1. The van der Waals surface area contributed by atoms with Crippen LogP contribution in [0.5, 0.6) is 5.75 Å². The Kier molecular flexibility index (Phi) is 8.40. The molecule has 0 aromatic heterocycles. The van der Waals surface area contributed by atoms with Crippen LogP contribution in [0.15, 0.2) is 48.5 Å². The summed E-state index contributed by atoms with van der Waals surface area (Å²) in [5, 5.41) is 7.88. The molecule has 0 unspecified atom stereocenters. The Morgan fingerprint density at radius 3 is 2.26 bits per heavy atom. The molecule has 4 amide bonds. The highest BCUT2D eigenvalue weighted by molar-refractivity contribution is 5.94. The van der Waals surface area contributed by atoms with Crippen molar-refractivity contribution >= 4 is 35.1 Å². The van der Waals surface area contributed by atoms with E-state index in [1.54, 1.807) is 43.9 Å². The predicted octanol–water partition coefficient (Wildman–Crippen LogP) is 3.51. The first-order valence-electron chi connectivity index (χ1n) is 11.5. The van der Waals surface area contributed by atoms with E-state index in [9.17, 15) is 14.4 Å². The average molecular weight is 484 g/mol. The van der Waals surface area contributed by atoms with Gasteiger partial charge in [-0.05, 0) is 51.1 Å². The van der Waals surface area contributed by atoms with E-state index in [1.165, 1.54) is 7.11 Å². The maximum absolute atomic E-state index is 12.6. The van der Waals surface area contributed by atoms with Crippen molar-refractivity contribution < 1.29 is 23.9 Å². The van der Waals surface area contributed by atoms with E-state index < -0.39 is 17.7 Å². The first kappa shape index (κ1) is 25.7. The Labute approximate surface area is 205 Å². The van der Waals surface area contributed by atoms with E-state index in [4.69, 9.17) is 9.47 Å². The van der Waals surface area contributed by atoms with Crippen molar-refractivity contribution in [3.05, 3.63) is 48.5 Å². The number of carbonyl (C=O) groups is 3. The molecule has 0 aliphatic carbocycles. The first-order valence-corrected chi connectivity index (χ1v) is 11.5. The summed E-state index contributed by atoms with van der Waals surface area (Å²) in [6.45, 7) is 7.83. The van der Waals surface area contributed by atoms with Gasteiger partial charge in [0.15, 0.2) is 0 Å². The van der Waals surface area contributed by atoms with Crippen molar-refractivity contribution in [2.75, 3.05) is 55.4 Å². The molecular formula is C25H33N5O5. The number of rotatable bonds is 6. The van der Waals surface area contributed by atoms with Gasteiger partial charge in [-0.25, -0.2) is 9.59 Å². The largest absolute Gasteiger partial charge is 0.495 e. The van der Waals surface area contributed by atoms with Crippen molar-refractivity contribution in [2.45, 2.75) is 26.4 Å². The zero-order valence-corrected chi connectivity index (χ0v) is 20.6. The number of benzene rings is 2. The van der Waals surface area contributed by atoms with E-state index >= 15 is 0 Å². The van der Waals surface area contributed by atoms with E-state index in [0.29, 0.717) is 30.2 Å². The topological polar surface area (TPSA) is 112 Å². The van der Waals surface area contributed by atoms with Crippen LogP contribution in [-0.4, -0.2) is 68.4 Å². The van der Waals surface area contributed by atoms with Crippen LogP contribution in [0, 0.1) is 0 Å². The summed E-state index contributed by atoms with van der Waals surface area (Å²) >= 11 is 0. The Morgan fingerprint density at radius 1 is 0.943 bits per heavy atom. The number of piperazine rings is 1. The molecular weight excluding hydrogens is 450 g/mol. The number of carbonyl (C=O) groups excluding carboxylic acids is 3. The molecule has 1 fully saturated rings. The number of nitrogens with one attached hydrogen (secondary N) is 3. The highest BCUT2D eigenvalue weighted by atomic mass is 16.6. The molecule has 0 bridgehead atoms. The van der Waals surface area contributed by atoms with Crippen molar-refractivity contribution in [3.8, 4) is 5.75 Å². The van der Waals surface area contributed by atoms with Crippen LogP contribution < -0.4 is 25.6 Å². The minimum absolute atomic E-state index is 0.115. The van der Waals surface area contributed by atoms with Crippen LogP contribution in [0.1, 0.15) is 20.8 Å². The monoisotopic (exact) mass is 483 g/mol. The second-order valence-corrected chi connectivity index (χ2v) is 9.05. The fourth-order valence-corrected chi connectivity index (χ4v) is 3.59. The third-order valence-corrected chi connectivity index (χ3v) is 5.25. The predicted molar refractivity (Wildman–Crippen MR) is 135 cm³/mol. The van der Waals surface area contributed by atoms with Crippen LogP contribution >= 0.6 is 0 Å². The number of para-hydroxylation sites is 1. The number of hydrogen-bond acceptors (Lipinski definition) is 6. The summed E-state index contributed by atoms with van der Waals surface area (Å²) in [7, 11) is 1.47. The lowest BCUT2D eigenvalue weighted by atomic mass is 10.2. The SMILES string of the molecule is COc1ccc(NC(=O)NCC(=O)N2CCN(c3ccccc3)CC2)cc1NC(=O)OC(C)(C)C. The molecule has 3 rings (SSSR count). The molecule has 2 aromatic rings. The van der Waals surface area contributed by atoms with E-state index in [1.807, 2.05) is 18.2 Å². The summed E-state index contributed by atoms with van der Waals surface area (Å²) in [4.78, 5) is 41.0. The minimum atomic E-state index is -0.659. The Hall–Kier alpha value is -3.95. The average Bonchev–Trinajstić information content (AvgIpc) is 2.82. The summed E-state index contributed by atoms with van der Waals surface area (Å²) in [5.74, 6) is 0.265. The van der Waals surface area contributed by atoms with Crippen LogP contribution in [0.4, 0.5) is 26.7 Å². The summed E-state index contributed by atoms with van der Waals surface area (Å²) in [6, 6.07) is 14.3. The van der Waals surface area contributed by atoms with Crippen LogP contribution in [0.2, 0.25) is 0 Å². The van der Waals surface area contributed by atoms with Gasteiger partial charge in [-0.2, -0.15) is 0 Å². The number of hydrogen-bond donors (Lipinski definition) is 3. The molecule has 10 heteroatoms. The van der Waals surface area contributed by atoms with Gasteiger partial charge in [0.25, 0.3) is 0 Å². The number of ether oxygens (including phenoxy) is 2. The Bertz CT molecular complexity index is 1030. The van der Waals surface area contributed by atoms with E-state index in [-0.39, 0.29) is 12.5 Å². The van der Waals surface area contributed by atoms with Gasteiger partial charge in [0.05, 0.1) is 19.3 Å². The standard InChI is InChI=1S/C25H33N5O5/c1-25(2,3)35-24(33)28-20-16-18(10-11-21(20)34-4)27-23(32)26-17-22(31)30-14-12-29(13-15-30)19-8-6-5-7-9-19/h5-11,16H,12-15,17H2,1-4H3,(H,28,33)(H2,26,27,32). The Balaban J connectivity index is 1.48. The molecule has 1 saturated heterocycles. The van der Waals surface area contributed by atoms with Crippen molar-refractivity contribution in [3.63, 3.8) is 0 Å². The molecule has 1 aliphatic rings. The maximum Gasteiger partial charge on any atom is 0.412 e. The van der Waals surface area contributed by atoms with Gasteiger partial charge in [-0.1, -0.05) is 18.2 Å². The normalized spacial score (nSPS) is 13.6. The van der Waals surface area contributed by atoms with E-state index in [2.05, 4.69) is 33.0 Å². The van der Waals surface area contributed by atoms with Gasteiger partial charge in [-0.3, -0.25) is 10.1 Å². The highest BCUT2D eigenvalue weighted by Crippen LogP contribution is 2.28. The third kappa shape index (κ3) is 7.80. The number of urea groups is 1. The van der Waals surface area contributed by atoms with Crippen LogP contribution in [0.25, 0.3) is 0 Å². The van der Waals surface area contributed by atoms with E-state index in [0.717, 1.165) is 18.8 Å². The fraction of sp³-hybridized carbons (Fsp3) is 0.400. The zero-order chi connectivity index (χ0) is 25.4. The lowest BCUT2D eigenvalue weighted by Gasteiger charge is -2.36. The minimum Gasteiger partial charge on any atom is -0.495 e. The quantitative estimate of drug-likeness (QED) is 0.580. The highest BCUT2D eigenvalue weighted by Gasteiger charge is 2.22. The summed E-state index contributed by atoms with van der Waals surface area (Å²) in [5.41, 5.74) is 1.23. The molecule has 0 spiro atoms. The molecule has 188 valence electrons. The summed E-state index contributed by atoms with van der Waals surface area (Å²) in [6.07, 6.45) is -0.643. The van der Waals surface area contributed by atoms with Crippen LogP contribution in [-0.2, 0) is 9.53 Å². The van der Waals surface area contributed by atoms with Gasteiger partial charge in [0, 0.05) is 37.6 Å². The molecule has 2 aromatic carbocycles. The molecule has 1 heterocycles. The molecule has 0 radical (unpaired) electrons. The van der Waals surface area contributed by atoms with Crippen molar-refractivity contribution in [1.29, 1.82) is 0 Å². The van der Waals surface area contributed by atoms with Gasteiger partial charge in [-0.15, -0.1) is 0 Å². The molecule has 0 saturated carbocycles. The Morgan fingerprint density at radius 2 is 1.63 bits per heavy atom. The molecule has 0 atom stereocenters. The molecule has 3 N–H and O–H groups in total. The second-order valence-electron chi connectivity index (χ2n) is 9.05. The molecule has 10 nitrogen and oxygen atoms in total. The van der Waals surface area contributed by atoms with Crippen molar-refractivity contribution in [1.82, 2.24) is 10.2 Å². The van der Waals surface area contributed by atoms with Gasteiger partial charge in [0.2, 0.25) is 5.91 Å². The van der Waals surface area contributed by atoms with Crippen LogP contribution in [0.3, 0.4) is 0 Å². The van der Waals surface area contributed by atoms with Crippen molar-refractivity contribution in [2.24, 2.45) is 0 Å². The number of nitrogens with zero attached hydrogens (tertiary/aromatic N) is 2. The number of amides is 4. The third-order valence-electron chi connectivity index (χ3n) is 5.25. The number of anilines is 3.